The molecule has 1 aliphatic carbocycles. The van der Waals surface area contributed by atoms with Crippen LogP contribution in [0.4, 0.5) is 0 Å². The predicted molar refractivity (Wildman–Crippen MR) is 245 cm³/mol. The maximum absolute atomic E-state index is 6.69. The van der Waals surface area contributed by atoms with E-state index >= 15 is 0 Å². The van der Waals surface area contributed by atoms with E-state index in [4.69, 9.17) is 24.7 Å². The maximum Gasteiger partial charge on any atom is 0.164 e. The lowest BCUT2D eigenvalue weighted by Gasteiger charge is -2.44. The highest BCUT2D eigenvalue weighted by atomic mass is 16.5. The molecule has 1 aliphatic heterocycles. The molecule has 0 spiro atoms. The summed E-state index contributed by atoms with van der Waals surface area (Å²) >= 11 is 0. The summed E-state index contributed by atoms with van der Waals surface area (Å²) in [5, 5.41) is 0. The first-order valence-corrected chi connectivity index (χ1v) is 20.8. The standard InChI is InChI=1S/C55H38N6O/c1-3-15-38(16-4-1)52-59-53(39-17-5-2-6-18-39)61-54(60-52)40-27-31-43(32-28-40)55(44-19-7-9-23-50(44)62-51-24-10-8-20-45(51)55)42-29-25-37(26-30-42)41-35-48(46-21-11-13-33-56-46)58-49(36-41)47-22-12-14-34-57-47/h1-7,9,11-36H,8,10H2. The van der Waals surface area contributed by atoms with Crippen molar-refractivity contribution in [3.8, 4) is 73.8 Å². The van der Waals surface area contributed by atoms with Crippen LogP contribution in [0.25, 0.3) is 68.1 Å². The van der Waals surface area contributed by atoms with Gasteiger partial charge >= 0.3 is 0 Å². The molecule has 11 rings (SSSR count). The largest absolute Gasteiger partial charge is 0.457 e. The highest BCUT2D eigenvalue weighted by Gasteiger charge is 2.47. The molecule has 0 radical (unpaired) electrons. The Balaban J connectivity index is 1.06. The van der Waals surface area contributed by atoms with Gasteiger partial charge in [-0.3, -0.25) is 9.97 Å². The Labute approximate surface area is 359 Å². The lowest BCUT2D eigenvalue weighted by atomic mass is 9.62. The molecule has 0 saturated heterocycles. The Morgan fingerprint density at radius 1 is 0.387 bits per heavy atom. The minimum absolute atomic E-state index is 0.611. The first kappa shape index (κ1) is 36.9. The Bertz CT molecular complexity index is 2830. The zero-order valence-electron chi connectivity index (χ0n) is 33.6. The lowest BCUT2D eigenvalue weighted by Crippen LogP contribution is -2.37. The number of aromatic nitrogens is 6. The fourth-order valence-corrected chi connectivity index (χ4v) is 8.71. The van der Waals surface area contributed by atoms with E-state index in [1.54, 1.807) is 12.4 Å². The second-order valence-corrected chi connectivity index (χ2v) is 15.4. The summed E-state index contributed by atoms with van der Waals surface area (Å²) in [7, 11) is 0. The summed E-state index contributed by atoms with van der Waals surface area (Å²) in [6, 6.07) is 62.3. The molecule has 2 aliphatic rings. The number of nitrogens with zero attached hydrogens (tertiary/aromatic N) is 6. The first-order chi connectivity index (χ1) is 30.7. The molecule has 7 heteroatoms. The van der Waals surface area contributed by atoms with Crippen LogP contribution < -0.4 is 4.74 Å². The van der Waals surface area contributed by atoms with Crippen LogP contribution in [0.5, 0.6) is 5.75 Å². The van der Waals surface area contributed by atoms with Crippen LogP contribution in [0.2, 0.25) is 0 Å². The van der Waals surface area contributed by atoms with Gasteiger partial charge in [0.1, 0.15) is 11.5 Å². The Kier molecular flexibility index (Phi) is 9.39. The van der Waals surface area contributed by atoms with Gasteiger partial charge in [-0.25, -0.2) is 19.9 Å². The van der Waals surface area contributed by atoms with Crippen molar-refractivity contribution in [2.45, 2.75) is 18.3 Å². The fraction of sp³-hybridized carbons (Fsp3) is 0.0545. The zero-order chi connectivity index (χ0) is 41.3. The van der Waals surface area contributed by atoms with Crippen LogP contribution in [0.15, 0.2) is 218 Å². The average molecular weight is 799 g/mol. The third kappa shape index (κ3) is 6.66. The highest BCUT2D eigenvalue weighted by Crippen LogP contribution is 2.55. The molecular formula is C55H38N6O. The van der Waals surface area contributed by atoms with Crippen LogP contribution in [0, 0.1) is 0 Å². The van der Waals surface area contributed by atoms with Crippen molar-refractivity contribution >= 4 is 0 Å². The van der Waals surface area contributed by atoms with Crippen LogP contribution >= 0.6 is 0 Å². The van der Waals surface area contributed by atoms with Crippen molar-refractivity contribution in [1.29, 1.82) is 0 Å². The number of benzene rings is 5. The smallest absolute Gasteiger partial charge is 0.164 e. The van der Waals surface area contributed by atoms with Crippen LogP contribution in [-0.2, 0) is 5.41 Å². The summed E-state index contributed by atoms with van der Waals surface area (Å²) in [6.45, 7) is 0. The minimum atomic E-state index is -0.682. The van der Waals surface area contributed by atoms with Gasteiger partial charge in [0.15, 0.2) is 17.5 Å². The van der Waals surface area contributed by atoms with Gasteiger partial charge in [0, 0.05) is 40.2 Å². The second kappa shape index (κ2) is 15.8. The lowest BCUT2D eigenvalue weighted by molar-refractivity contribution is 0.382. The third-order valence-electron chi connectivity index (χ3n) is 11.6. The topological polar surface area (TPSA) is 86.6 Å². The molecular weight excluding hydrogens is 761 g/mol. The van der Waals surface area contributed by atoms with Crippen molar-refractivity contribution in [2.24, 2.45) is 0 Å². The number of hydrogen-bond donors (Lipinski definition) is 0. The first-order valence-electron chi connectivity index (χ1n) is 20.8. The molecule has 62 heavy (non-hydrogen) atoms. The van der Waals surface area contributed by atoms with E-state index in [9.17, 15) is 0 Å². The predicted octanol–water partition coefficient (Wildman–Crippen LogP) is 12.4. The van der Waals surface area contributed by atoms with Crippen molar-refractivity contribution < 1.29 is 4.74 Å². The van der Waals surface area contributed by atoms with Crippen LogP contribution in [-0.4, -0.2) is 29.9 Å². The fourth-order valence-electron chi connectivity index (χ4n) is 8.71. The van der Waals surface area contributed by atoms with E-state index < -0.39 is 5.41 Å². The van der Waals surface area contributed by atoms with Crippen LogP contribution in [0.3, 0.4) is 0 Å². The molecule has 0 N–H and O–H groups in total. The number of fused-ring (bicyclic) bond motifs is 2. The molecule has 7 nitrogen and oxygen atoms in total. The number of pyridine rings is 3. The average Bonchev–Trinajstić information content (AvgIpc) is 3.36. The Hall–Kier alpha value is -8.16. The van der Waals surface area contributed by atoms with E-state index in [1.807, 2.05) is 103 Å². The molecule has 1 atom stereocenters. The van der Waals surface area contributed by atoms with Gasteiger partial charge < -0.3 is 4.74 Å². The quantitative estimate of drug-likeness (QED) is 0.151. The normalized spacial score (nSPS) is 15.4. The number of hydrogen-bond acceptors (Lipinski definition) is 7. The Morgan fingerprint density at radius 3 is 1.42 bits per heavy atom. The van der Waals surface area contributed by atoms with E-state index in [0.717, 1.165) is 97.2 Å². The van der Waals surface area contributed by atoms with Gasteiger partial charge in [0.05, 0.1) is 28.2 Å². The zero-order valence-corrected chi connectivity index (χ0v) is 33.6. The second-order valence-electron chi connectivity index (χ2n) is 15.4. The van der Waals surface area contributed by atoms with E-state index in [2.05, 4.69) is 101 Å². The molecule has 0 bridgehead atoms. The molecule has 1 unspecified atom stereocenters. The highest BCUT2D eigenvalue weighted by molar-refractivity contribution is 5.77. The molecule has 5 heterocycles. The van der Waals surface area contributed by atoms with Gasteiger partial charge in [-0.1, -0.05) is 146 Å². The maximum atomic E-state index is 6.69. The molecule has 0 fully saturated rings. The van der Waals surface area contributed by atoms with E-state index in [1.165, 1.54) is 0 Å². The summed E-state index contributed by atoms with van der Waals surface area (Å²) in [6.07, 6.45) is 10.0. The van der Waals surface area contributed by atoms with Crippen molar-refractivity contribution in [3.05, 3.63) is 235 Å². The summed E-state index contributed by atoms with van der Waals surface area (Å²) < 4.78 is 6.69. The van der Waals surface area contributed by atoms with Crippen molar-refractivity contribution in [2.75, 3.05) is 0 Å². The molecule has 294 valence electrons. The molecule has 0 amide bonds. The third-order valence-corrected chi connectivity index (χ3v) is 11.6. The van der Waals surface area contributed by atoms with Crippen molar-refractivity contribution in [1.82, 2.24) is 29.9 Å². The SMILES string of the molecule is C1=C2Oc3ccccc3C(c3ccc(-c4cc(-c5ccccn5)nc(-c5ccccn5)c4)cc3)(c3ccc(-c4nc(-c5ccccc5)nc(-c5ccccc5)n4)cc3)C2=CCC1. The van der Waals surface area contributed by atoms with Crippen molar-refractivity contribution in [3.63, 3.8) is 0 Å². The number of allylic oxidation sites excluding steroid dienone is 3. The number of para-hydroxylation sites is 1. The van der Waals surface area contributed by atoms with Gasteiger partial charge in [-0.2, -0.15) is 0 Å². The van der Waals surface area contributed by atoms with Gasteiger partial charge in [-0.15, -0.1) is 0 Å². The summed E-state index contributed by atoms with van der Waals surface area (Å²) in [5.74, 6) is 3.61. The van der Waals surface area contributed by atoms with E-state index in [0.29, 0.717) is 17.5 Å². The van der Waals surface area contributed by atoms with Gasteiger partial charge in [-0.05, 0) is 83.6 Å². The number of ether oxygens (including phenoxy) is 1. The molecule has 4 aromatic heterocycles. The van der Waals surface area contributed by atoms with Gasteiger partial charge in [0.25, 0.3) is 0 Å². The van der Waals surface area contributed by atoms with Crippen LogP contribution in [0.1, 0.15) is 29.5 Å². The van der Waals surface area contributed by atoms with Gasteiger partial charge in [0.2, 0.25) is 0 Å². The monoisotopic (exact) mass is 798 g/mol. The minimum Gasteiger partial charge on any atom is -0.457 e. The number of rotatable bonds is 8. The summed E-state index contributed by atoms with van der Waals surface area (Å²) in [5.41, 5.74) is 11.8. The Morgan fingerprint density at radius 2 is 0.871 bits per heavy atom. The molecule has 0 saturated carbocycles. The van der Waals surface area contributed by atoms with E-state index in [-0.39, 0.29) is 0 Å². The molecule has 5 aromatic carbocycles. The summed E-state index contributed by atoms with van der Waals surface area (Å²) in [4.78, 5) is 29.3. The molecule has 9 aromatic rings.